The van der Waals surface area contributed by atoms with Crippen LogP contribution in [0.3, 0.4) is 0 Å². The first-order valence-corrected chi connectivity index (χ1v) is 8.86. The third-order valence-corrected chi connectivity index (χ3v) is 4.41. The maximum absolute atomic E-state index is 2.33. The second-order valence-corrected chi connectivity index (χ2v) is 6.27. The largest absolute Gasteiger partial charge is 0.201 e. The van der Waals surface area contributed by atoms with Crippen LogP contribution in [0, 0.1) is 0 Å². The zero-order valence-corrected chi connectivity index (χ0v) is 14.2. The molecule has 1 heteroatoms. The molecular weight excluding hydrogens is 266 g/mol. The molecule has 0 saturated carbocycles. The number of aromatic nitrogens is 1. The van der Waals surface area contributed by atoms with Gasteiger partial charge in [-0.1, -0.05) is 69.9 Å². The molecule has 0 fully saturated rings. The maximum Gasteiger partial charge on any atom is 0.173 e. The minimum atomic E-state index is 0.742. The Balaban J connectivity index is 2.01. The molecular formula is C21H30N+. The Kier molecular flexibility index (Phi) is 7.15. The van der Waals surface area contributed by atoms with Crippen LogP contribution in [0.5, 0.6) is 0 Å². The first-order valence-electron chi connectivity index (χ1n) is 8.86. The highest BCUT2D eigenvalue weighted by molar-refractivity contribution is 5.15. The summed E-state index contributed by atoms with van der Waals surface area (Å²) in [5.74, 6) is 0.742. The molecule has 22 heavy (non-hydrogen) atoms. The van der Waals surface area contributed by atoms with Crippen LogP contribution in [0.2, 0.25) is 0 Å². The monoisotopic (exact) mass is 296 g/mol. The maximum atomic E-state index is 2.33. The normalized spacial score (nSPS) is 11.0. The first kappa shape index (κ1) is 16.7. The van der Waals surface area contributed by atoms with Gasteiger partial charge in [-0.2, -0.15) is 0 Å². The Bertz CT molecular complexity index is 507. The highest BCUT2D eigenvalue weighted by Crippen LogP contribution is 2.26. The van der Waals surface area contributed by atoms with Crippen molar-refractivity contribution in [1.82, 2.24) is 0 Å². The van der Waals surface area contributed by atoms with E-state index in [2.05, 4.69) is 73.3 Å². The van der Waals surface area contributed by atoms with Gasteiger partial charge in [-0.3, -0.25) is 0 Å². The molecule has 0 aliphatic rings. The summed E-state index contributed by atoms with van der Waals surface area (Å²) in [6, 6.07) is 15.3. The van der Waals surface area contributed by atoms with Crippen LogP contribution in [0.25, 0.3) is 0 Å². The molecule has 1 heterocycles. The van der Waals surface area contributed by atoms with Crippen LogP contribution in [-0.2, 0) is 6.54 Å². The third kappa shape index (κ3) is 5.29. The predicted octanol–water partition coefficient (Wildman–Crippen LogP) is 5.49. The van der Waals surface area contributed by atoms with Gasteiger partial charge in [-0.15, -0.1) is 0 Å². The van der Waals surface area contributed by atoms with Crippen LogP contribution in [0.1, 0.15) is 69.4 Å². The van der Waals surface area contributed by atoms with Crippen LogP contribution >= 0.6 is 0 Å². The lowest BCUT2D eigenvalue weighted by atomic mass is 9.89. The minimum absolute atomic E-state index is 0.742. The van der Waals surface area contributed by atoms with E-state index in [0.717, 1.165) is 12.5 Å². The highest BCUT2D eigenvalue weighted by atomic mass is 14.9. The van der Waals surface area contributed by atoms with Crippen LogP contribution < -0.4 is 4.57 Å². The van der Waals surface area contributed by atoms with Crippen LogP contribution in [0.4, 0.5) is 0 Å². The highest BCUT2D eigenvalue weighted by Gasteiger charge is 2.12. The van der Waals surface area contributed by atoms with E-state index in [1.54, 1.807) is 0 Å². The molecule has 118 valence electrons. The van der Waals surface area contributed by atoms with Gasteiger partial charge < -0.3 is 0 Å². The molecule has 0 amide bonds. The molecule has 0 saturated heterocycles. The van der Waals surface area contributed by atoms with Gasteiger partial charge in [-0.25, -0.2) is 4.57 Å². The van der Waals surface area contributed by atoms with Gasteiger partial charge >= 0.3 is 0 Å². The van der Waals surface area contributed by atoms with Crippen LogP contribution in [0.15, 0.2) is 54.9 Å². The number of pyridine rings is 1. The summed E-state index contributed by atoms with van der Waals surface area (Å²) in [5.41, 5.74) is 2.87. The van der Waals surface area contributed by atoms with Crippen LogP contribution in [-0.4, -0.2) is 0 Å². The van der Waals surface area contributed by atoms with Crippen molar-refractivity contribution in [3.05, 3.63) is 66.0 Å². The van der Waals surface area contributed by atoms with Crippen molar-refractivity contribution < 1.29 is 4.57 Å². The molecule has 0 radical (unpaired) electrons. The van der Waals surface area contributed by atoms with Gasteiger partial charge in [0.15, 0.2) is 18.9 Å². The lowest BCUT2D eigenvalue weighted by Crippen LogP contribution is -2.33. The lowest BCUT2D eigenvalue weighted by Gasteiger charge is -2.16. The minimum Gasteiger partial charge on any atom is -0.201 e. The van der Waals surface area contributed by atoms with E-state index in [0.29, 0.717) is 0 Å². The van der Waals surface area contributed by atoms with Crippen molar-refractivity contribution in [2.24, 2.45) is 0 Å². The molecule has 1 aromatic carbocycles. The average molecular weight is 296 g/mol. The van der Waals surface area contributed by atoms with E-state index in [-0.39, 0.29) is 0 Å². The number of rotatable bonds is 9. The fourth-order valence-corrected chi connectivity index (χ4v) is 3.02. The third-order valence-electron chi connectivity index (χ3n) is 4.41. The summed E-state index contributed by atoms with van der Waals surface area (Å²) in [4.78, 5) is 0. The fourth-order valence-electron chi connectivity index (χ4n) is 3.02. The number of hydrogen-bond donors (Lipinski definition) is 0. The SMILES string of the molecule is CCCCC(CCCC)c1cc[n+](Cc2ccccc2)cc1. The molecule has 0 aliphatic heterocycles. The quantitative estimate of drug-likeness (QED) is 0.539. The fraction of sp³-hybridized carbons (Fsp3) is 0.476. The van der Waals surface area contributed by atoms with E-state index >= 15 is 0 Å². The zero-order chi connectivity index (χ0) is 15.6. The Morgan fingerprint density at radius 1 is 0.818 bits per heavy atom. The lowest BCUT2D eigenvalue weighted by molar-refractivity contribution is -0.688. The van der Waals surface area contributed by atoms with Gasteiger partial charge in [0.25, 0.3) is 0 Å². The van der Waals surface area contributed by atoms with Gasteiger partial charge in [0.2, 0.25) is 0 Å². The molecule has 0 N–H and O–H groups in total. The van der Waals surface area contributed by atoms with E-state index in [1.165, 1.54) is 49.7 Å². The van der Waals surface area contributed by atoms with Crippen molar-refractivity contribution in [2.75, 3.05) is 0 Å². The molecule has 0 spiro atoms. The van der Waals surface area contributed by atoms with Gasteiger partial charge in [0.05, 0.1) is 0 Å². The summed E-state index contributed by atoms with van der Waals surface area (Å²) in [5, 5.41) is 0. The van der Waals surface area contributed by atoms with E-state index in [9.17, 15) is 0 Å². The predicted molar refractivity (Wildman–Crippen MR) is 94.0 cm³/mol. The Labute approximate surface area is 136 Å². The molecule has 1 nitrogen and oxygen atoms in total. The first-order chi connectivity index (χ1) is 10.8. The van der Waals surface area contributed by atoms with Gasteiger partial charge in [0.1, 0.15) is 0 Å². The molecule has 0 bridgehead atoms. The van der Waals surface area contributed by atoms with Crippen molar-refractivity contribution in [2.45, 2.75) is 64.8 Å². The average Bonchev–Trinajstić information content (AvgIpc) is 2.57. The van der Waals surface area contributed by atoms with Gasteiger partial charge in [-0.05, 0) is 24.3 Å². The molecule has 1 aromatic heterocycles. The molecule has 0 aliphatic carbocycles. The Morgan fingerprint density at radius 2 is 1.41 bits per heavy atom. The number of benzene rings is 1. The summed E-state index contributed by atoms with van der Waals surface area (Å²) < 4.78 is 2.27. The zero-order valence-electron chi connectivity index (χ0n) is 14.2. The number of unbranched alkanes of at least 4 members (excludes halogenated alkanes) is 2. The van der Waals surface area contributed by atoms with E-state index < -0.39 is 0 Å². The summed E-state index contributed by atoms with van der Waals surface area (Å²) in [7, 11) is 0. The number of nitrogens with zero attached hydrogens (tertiary/aromatic N) is 1. The molecule has 2 rings (SSSR count). The topological polar surface area (TPSA) is 3.88 Å². The standard InChI is InChI=1S/C21H30N/c1-3-5-12-20(13-6-4-2)21-14-16-22(17-15-21)18-19-10-8-7-9-11-19/h7-11,14-17,20H,3-6,12-13,18H2,1-2H3/q+1. The van der Waals surface area contributed by atoms with E-state index in [4.69, 9.17) is 0 Å². The Hall–Kier alpha value is -1.63. The van der Waals surface area contributed by atoms with Gasteiger partial charge in [0, 0.05) is 17.7 Å². The molecule has 2 aromatic rings. The summed E-state index contributed by atoms with van der Waals surface area (Å²) in [6.07, 6.45) is 12.4. The number of hydrogen-bond acceptors (Lipinski definition) is 0. The molecule has 0 atom stereocenters. The smallest absolute Gasteiger partial charge is 0.173 e. The van der Waals surface area contributed by atoms with Crippen molar-refractivity contribution in [3.8, 4) is 0 Å². The molecule has 0 unspecified atom stereocenters. The van der Waals surface area contributed by atoms with Crippen molar-refractivity contribution in [3.63, 3.8) is 0 Å². The van der Waals surface area contributed by atoms with Crippen molar-refractivity contribution >= 4 is 0 Å². The second-order valence-electron chi connectivity index (χ2n) is 6.27. The summed E-state index contributed by atoms with van der Waals surface area (Å²) >= 11 is 0. The summed E-state index contributed by atoms with van der Waals surface area (Å²) in [6.45, 7) is 5.53. The van der Waals surface area contributed by atoms with E-state index in [1.807, 2.05) is 0 Å². The second kappa shape index (κ2) is 9.40. The Morgan fingerprint density at radius 3 is 1.95 bits per heavy atom. The van der Waals surface area contributed by atoms with Crippen molar-refractivity contribution in [1.29, 1.82) is 0 Å².